The molecule has 3 saturated heterocycles. The summed E-state index contributed by atoms with van der Waals surface area (Å²) in [5.41, 5.74) is 2.22. The van der Waals surface area contributed by atoms with E-state index in [-0.39, 0.29) is 23.1 Å². The van der Waals surface area contributed by atoms with Gasteiger partial charge in [-0.05, 0) is 72.9 Å². The van der Waals surface area contributed by atoms with Crippen molar-refractivity contribution in [2.45, 2.75) is 51.7 Å². The molecule has 176 valence electrons. The van der Waals surface area contributed by atoms with E-state index in [2.05, 4.69) is 24.1 Å². The topological polar surface area (TPSA) is 41.6 Å². The highest BCUT2D eigenvalue weighted by atomic mass is 19.2. The molecular weight excluding hydrogens is 429 g/mol. The van der Waals surface area contributed by atoms with Crippen molar-refractivity contribution in [2.24, 2.45) is 11.3 Å². The highest BCUT2D eigenvalue weighted by Crippen LogP contribution is 2.45. The third kappa shape index (κ3) is 4.23. The summed E-state index contributed by atoms with van der Waals surface area (Å²) in [5, 5.41) is 3.10. The summed E-state index contributed by atoms with van der Waals surface area (Å²) in [6, 6.07) is 6.56. The standard InChI is InChI=1S/C26H29F3N2O2/c1-26(2)8-5-17-11-16(19-12-21(28)22(29)13-20(19)27)3-4-18(17)24(26)30-25(32)33-23-14-31-9-6-15(23)7-10-31/h3-4,11-13,15,23-24H,5-10,14H2,1-2H3,(H,30,32)/t23-,24?/m0/s1. The van der Waals surface area contributed by atoms with Crippen molar-refractivity contribution in [1.29, 1.82) is 0 Å². The van der Waals surface area contributed by atoms with E-state index < -0.39 is 23.5 Å². The fourth-order valence-electron chi connectivity index (χ4n) is 5.64. The van der Waals surface area contributed by atoms with Gasteiger partial charge in [-0.3, -0.25) is 4.90 Å². The van der Waals surface area contributed by atoms with E-state index in [4.69, 9.17) is 4.74 Å². The SMILES string of the molecule is CC1(C)CCc2cc(-c3cc(F)c(F)cc3F)ccc2C1NC(=O)O[C@H]1CN2CCC1CC2. The van der Waals surface area contributed by atoms with Crippen molar-refractivity contribution < 1.29 is 22.7 Å². The molecule has 0 aromatic heterocycles. The summed E-state index contributed by atoms with van der Waals surface area (Å²) in [6.45, 7) is 7.17. The predicted molar refractivity (Wildman–Crippen MR) is 119 cm³/mol. The van der Waals surface area contributed by atoms with Crippen LogP contribution in [0.4, 0.5) is 18.0 Å². The Morgan fingerprint density at radius 2 is 1.79 bits per heavy atom. The van der Waals surface area contributed by atoms with E-state index in [9.17, 15) is 18.0 Å². The van der Waals surface area contributed by atoms with Crippen LogP contribution in [0.1, 0.15) is 50.3 Å². The molecule has 1 N–H and O–H groups in total. The molecule has 3 heterocycles. The van der Waals surface area contributed by atoms with Crippen LogP contribution in [-0.4, -0.2) is 36.7 Å². The zero-order valence-electron chi connectivity index (χ0n) is 19.0. The third-order valence-corrected chi connectivity index (χ3v) is 7.71. The van der Waals surface area contributed by atoms with Gasteiger partial charge in [0.2, 0.25) is 0 Å². The maximum Gasteiger partial charge on any atom is 0.407 e. The van der Waals surface area contributed by atoms with Crippen LogP contribution in [0.3, 0.4) is 0 Å². The average molecular weight is 459 g/mol. The highest BCUT2D eigenvalue weighted by Gasteiger charge is 2.40. The quantitative estimate of drug-likeness (QED) is 0.609. The summed E-state index contributed by atoms with van der Waals surface area (Å²) in [4.78, 5) is 15.2. The molecule has 2 aromatic rings. The van der Waals surface area contributed by atoms with E-state index in [1.807, 2.05) is 12.1 Å². The zero-order chi connectivity index (χ0) is 23.3. The van der Waals surface area contributed by atoms with E-state index in [1.165, 1.54) is 0 Å². The summed E-state index contributed by atoms with van der Waals surface area (Å²) in [6.07, 6.45) is 3.22. The van der Waals surface area contributed by atoms with Gasteiger partial charge in [0.25, 0.3) is 0 Å². The number of ether oxygens (including phenoxy) is 1. The fraction of sp³-hybridized carbons (Fsp3) is 0.500. The molecule has 1 amide bonds. The second kappa shape index (κ2) is 8.35. The number of aryl methyl sites for hydroxylation is 1. The van der Waals surface area contributed by atoms with Crippen LogP contribution in [0.25, 0.3) is 11.1 Å². The van der Waals surface area contributed by atoms with Crippen LogP contribution in [0, 0.1) is 28.8 Å². The number of benzene rings is 2. The molecule has 0 spiro atoms. The summed E-state index contributed by atoms with van der Waals surface area (Å²) >= 11 is 0. The number of rotatable bonds is 3. The lowest BCUT2D eigenvalue weighted by molar-refractivity contribution is -0.0353. The van der Waals surface area contributed by atoms with Gasteiger partial charge in [0.15, 0.2) is 11.6 Å². The van der Waals surface area contributed by atoms with E-state index in [0.29, 0.717) is 17.5 Å². The first-order valence-corrected chi connectivity index (χ1v) is 11.7. The van der Waals surface area contributed by atoms with Crippen molar-refractivity contribution in [3.63, 3.8) is 0 Å². The maximum absolute atomic E-state index is 14.3. The average Bonchev–Trinajstić information content (AvgIpc) is 2.79. The van der Waals surface area contributed by atoms with Crippen molar-refractivity contribution in [2.75, 3.05) is 19.6 Å². The fourth-order valence-corrected chi connectivity index (χ4v) is 5.64. The van der Waals surface area contributed by atoms with Crippen LogP contribution >= 0.6 is 0 Å². The van der Waals surface area contributed by atoms with Gasteiger partial charge in [0.05, 0.1) is 6.04 Å². The Labute approximate surface area is 192 Å². The number of amides is 1. The second-order valence-electron chi connectivity index (χ2n) is 10.3. The molecule has 3 aliphatic heterocycles. The Morgan fingerprint density at radius 3 is 2.48 bits per heavy atom. The number of halogens is 3. The second-order valence-corrected chi connectivity index (χ2v) is 10.3. The zero-order valence-corrected chi connectivity index (χ0v) is 19.0. The number of carbonyl (C=O) groups is 1. The summed E-state index contributed by atoms with van der Waals surface area (Å²) in [5.74, 6) is -2.66. The monoisotopic (exact) mass is 458 g/mol. The minimum absolute atomic E-state index is 0.0211. The van der Waals surface area contributed by atoms with Gasteiger partial charge < -0.3 is 10.1 Å². The van der Waals surface area contributed by atoms with Gasteiger partial charge >= 0.3 is 6.09 Å². The predicted octanol–water partition coefficient (Wildman–Crippen LogP) is 5.60. The number of carbonyl (C=O) groups excluding carboxylic acids is 1. The first-order valence-electron chi connectivity index (χ1n) is 11.7. The first kappa shape index (κ1) is 22.3. The Hall–Kier alpha value is -2.54. The van der Waals surface area contributed by atoms with Crippen molar-refractivity contribution >= 4 is 6.09 Å². The lowest BCUT2D eigenvalue weighted by atomic mass is 9.70. The minimum atomic E-state index is -1.21. The lowest BCUT2D eigenvalue weighted by Gasteiger charge is -2.44. The van der Waals surface area contributed by atoms with Gasteiger partial charge in [-0.25, -0.2) is 18.0 Å². The van der Waals surface area contributed by atoms with E-state index >= 15 is 0 Å². The molecule has 7 heteroatoms. The number of hydrogen-bond acceptors (Lipinski definition) is 3. The molecule has 3 fully saturated rings. The highest BCUT2D eigenvalue weighted by molar-refractivity contribution is 5.70. The van der Waals surface area contributed by atoms with Gasteiger partial charge in [-0.1, -0.05) is 32.0 Å². The molecule has 2 atom stereocenters. The van der Waals surface area contributed by atoms with Crippen LogP contribution in [0.15, 0.2) is 30.3 Å². The third-order valence-electron chi connectivity index (χ3n) is 7.71. The Balaban J connectivity index is 1.38. The number of alkyl carbamates (subject to hydrolysis) is 1. The van der Waals surface area contributed by atoms with Crippen LogP contribution in [0.2, 0.25) is 0 Å². The number of piperidine rings is 3. The smallest absolute Gasteiger partial charge is 0.407 e. The molecule has 1 unspecified atom stereocenters. The largest absolute Gasteiger partial charge is 0.445 e. The Kier molecular flexibility index (Phi) is 5.63. The minimum Gasteiger partial charge on any atom is -0.445 e. The Bertz CT molecular complexity index is 1080. The van der Waals surface area contributed by atoms with E-state index in [0.717, 1.165) is 62.5 Å². The molecule has 33 heavy (non-hydrogen) atoms. The molecular formula is C26H29F3N2O2. The normalized spacial score (nSPS) is 27.7. The number of fused-ring (bicyclic) bond motifs is 4. The van der Waals surface area contributed by atoms with Gasteiger partial charge in [0, 0.05) is 18.2 Å². The molecule has 2 bridgehead atoms. The molecule has 2 aromatic carbocycles. The molecule has 4 nitrogen and oxygen atoms in total. The molecule has 0 radical (unpaired) electrons. The Morgan fingerprint density at radius 1 is 1.06 bits per heavy atom. The van der Waals surface area contributed by atoms with E-state index in [1.54, 1.807) is 6.07 Å². The first-order chi connectivity index (χ1) is 15.7. The summed E-state index contributed by atoms with van der Waals surface area (Å²) in [7, 11) is 0. The lowest BCUT2D eigenvalue weighted by Crippen LogP contribution is -2.53. The summed E-state index contributed by atoms with van der Waals surface area (Å²) < 4.78 is 47.3. The van der Waals surface area contributed by atoms with Gasteiger partial charge in [-0.15, -0.1) is 0 Å². The van der Waals surface area contributed by atoms with Crippen molar-refractivity contribution in [3.8, 4) is 11.1 Å². The molecule has 1 aliphatic carbocycles. The number of nitrogens with one attached hydrogen (secondary N) is 1. The van der Waals surface area contributed by atoms with Crippen molar-refractivity contribution in [3.05, 3.63) is 58.9 Å². The molecule has 0 saturated carbocycles. The van der Waals surface area contributed by atoms with Crippen molar-refractivity contribution in [1.82, 2.24) is 10.2 Å². The molecule has 4 aliphatic rings. The van der Waals surface area contributed by atoms with Gasteiger partial charge in [0.1, 0.15) is 11.9 Å². The van der Waals surface area contributed by atoms with Crippen LogP contribution in [-0.2, 0) is 11.2 Å². The number of nitrogens with zero attached hydrogens (tertiary/aromatic N) is 1. The maximum atomic E-state index is 14.3. The van der Waals surface area contributed by atoms with Crippen LogP contribution in [0.5, 0.6) is 0 Å². The van der Waals surface area contributed by atoms with Crippen LogP contribution < -0.4 is 5.32 Å². The molecule has 6 rings (SSSR count). The number of hydrogen-bond donors (Lipinski definition) is 1. The van der Waals surface area contributed by atoms with Gasteiger partial charge in [-0.2, -0.15) is 0 Å².